The number of hydrogen-bond donors (Lipinski definition) is 0. The van der Waals surface area contributed by atoms with Crippen molar-refractivity contribution in [2.45, 2.75) is 82.9 Å². The number of fused-ring (bicyclic) bond motifs is 1. The molecule has 1 aliphatic carbocycles. The molecule has 2 aliphatic heterocycles. The van der Waals surface area contributed by atoms with Gasteiger partial charge in [0.15, 0.2) is 0 Å². The Labute approximate surface area is 234 Å². The first kappa shape index (κ1) is 31.1. The zero-order valence-electron chi connectivity index (χ0n) is 23.1. The van der Waals surface area contributed by atoms with E-state index in [1.54, 1.807) is 13.8 Å². The minimum absolute atomic E-state index is 0.0302. The van der Waals surface area contributed by atoms with Gasteiger partial charge in [0, 0.05) is 38.4 Å². The lowest BCUT2D eigenvalue weighted by molar-refractivity contribution is -0.192. The first-order valence-electron chi connectivity index (χ1n) is 13.6. The zero-order valence-corrected chi connectivity index (χ0v) is 23.1. The summed E-state index contributed by atoms with van der Waals surface area (Å²) in [5.41, 5.74) is -1.62. The predicted molar refractivity (Wildman–Crippen MR) is 133 cm³/mol. The third-order valence-corrected chi connectivity index (χ3v) is 8.89. The number of carbonyl (C=O) groups excluding carboxylic acids is 3. The molecule has 1 aromatic carbocycles. The van der Waals surface area contributed by atoms with Crippen molar-refractivity contribution in [2.75, 3.05) is 26.9 Å². The SMILES string of the molecule is COC(=O)C1CN(C(=O)[C@@]2(C(C)C)CC[C@@H](N(C(=O)C(F)(F)F)C3CCOCC3)C2)Cc2cc(C(F)(F)F)ccc21. The molecule has 0 spiro atoms. The van der Waals surface area contributed by atoms with Gasteiger partial charge < -0.3 is 19.3 Å². The summed E-state index contributed by atoms with van der Waals surface area (Å²) in [4.78, 5) is 41.7. The number of benzene rings is 1. The second-order valence-corrected chi connectivity index (χ2v) is 11.4. The summed E-state index contributed by atoms with van der Waals surface area (Å²) in [5.74, 6) is -4.51. The summed E-state index contributed by atoms with van der Waals surface area (Å²) in [6.45, 7) is 3.62. The highest BCUT2D eigenvalue weighted by Gasteiger charge is 2.55. The molecule has 0 bridgehead atoms. The van der Waals surface area contributed by atoms with Crippen LogP contribution in [0.2, 0.25) is 0 Å². The van der Waals surface area contributed by atoms with Crippen LogP contribution in [-0.2, 0) is 36.6 Å². The third-order valence-electron chi connectivity index (χ3n) is 8.89. The number of halogens is 6. The molecule has 3 aliphatic rings. The standard InChI is InChI=1S/C28H34F6N2O5/c1-16(2)26(9-6-20(13-26)36(25(39)28(32,33)34)19-7-10-41-11-8-19)24(38)35-14-17-12-18(27(29,30)31)4-5-21(17)22(15-35)23(37)40-3/h4-5,12,16,19-20,22H,6-11,13-15H2,1-3H3/t20-,22?,26+/m1/s1. The maximum absolute atomic E-state index is 14.2. The number of nitrogens with zero attached hydrogens (tertiary/aromatic N) is 2. The summed E-state index contributed by atoms with van der Waals surface area (Å²) < 4.78 is 91.7. The summed E-state index contributed by atoms with van der Waals surface area (Å²) in [6, 6.07) is 1.47. The number of ether oxygens (including phenoxy) is 2. The summed E-state index contributed by atoms with van der Waals surface area (Å²) in [7, 11) is 1.15. The lowest BCUT2D eigenvalue weighted by Crippen LogP contribution is -2.54. The van der Waals surface area contributed by atoms with Crippen LogP contribution in [0.25, 0.3) is 0 Å². The van der Waals surface area contributed by atoms with Crippen LogP contribution in [0.3, 0.4) is 0 Å². The fourth-order valence-electron chi connectivity index (χ4n) is 6.65. The second kappa shape index (κ2) is 11.4. The molecule has 228 valence electrons. The van der Waals surface area contributed by atoms with Crippen molar-refractivity contribution >= 4 is 17.8 Å². The van der Waals surface area contributed by atoms with E-state index in [2.05, 4.69) is 0 Å². The van der Waals surface area contributed by atoms with Crippen LogP contribution < -0.4 is 0 Å². The van der Waals surface area contributed by atoms with Gasteiger partial charge in [0.05, 0.1) is 24.0 Å². The van der Waals surface area contributed by atoms with E-state index in [1.807, 2.05) is 0 Å². The van der Waals surface area contributed by atoms with Gasteiger partial charge in [0.2, 0.25) is 5.91 Å². The second-order valence-electron chi connectivity index (χ2n) is 11.4. The van der Waals surface area contributed by atoms with Gasteiger partial charge in [0.1, 0.15) is 0 Å². The fraction of sp³-hybridized carbons (Fsp3) is 0.679. The molecular formula is C28H34F6N2O5. The molecular weight excluding hydrogens is 558 g/mol. The van der Waals surface area contributed by atoms with E-state index in [0.29, 0.717) is 5.56 Å². The van der Waals surface area contributed by atoms with Gasteiger partial charge in [-0.15, -0.1) is 0 Å². The molecule has 2 fully saturated rings. The Bertz CT molecular complexity index is 1160. The van der Waals surface area contributed by atoms with E-state index in [-0.39, 0.29) is 69.9 Å². The quantitative estimate of drug-likeness (QED) is 0.353. The molecule has 3 atom stereocenters. The van der Waals surface area contributed by atoms with E-state index < -0.39 is 59.1 Å². The molecule has 13 heteroatoms. The molecule has 0 aromatic heterocycles. The number of carbonyl (C=O) groups is 3. The average Bonchev–Trinajstić information content (AvgIpc) is 3.37. The number of rotatable bonds is 5. The lowest BCUT2D eigenvalue weighted by Gasteiger charge is -2.43. The van der Waals surface area contributed by atoms with Crippen LogP contribution in [0.15, 0.2) is 18.2 Å². The van der Waals surface area contributed by atoms with Crippen LogP contribution in [0, 0.1) is 11.3 Å². The third kappa shape index (κ3) is 6.05. The van der Waals surface area contributed by atoms with Gasteiger partial charge >= 0.3 is 24.2 Å². The van der Waals surface area contributed by atoms with Crippen molar-refractivity contribution in [1.29, 1.82) is 0 Å². The maximum Gasteiger partial charge on any atom is 0.471 e. The maximum atomic E-state index is 14.2. The van der Waals surface area contributed by atoms with Gasteiger partial charge in [-0.05, 0) is 61.3 Å². The monoisotopic (exact) mass is 592 g/mol. The van der Waals surface area contributed by atoms with Gasteiger partial charge in [0.25, 0.3) is 0 Å². The summed E-state index contributed by atoms with van der Waals surface area (Å²) in [6.07, 6.45) is -8.93. The molecule has 7 nitrogen and oxygen atoms in total. The molecule has 1 saturated carbocycles. The zero-order chi connectivity index (χ0) is 30.3. The molecule has 41 heavy (non-hydrogen) atoms. The van der Waals surface area contributed by atoms with Crippen molar-refractivity contribution < 1.29 is 50.2 Å². The average molecular weight is 593 g/mol. The molecule has 0 radical (unpaired) electrons. The van der Waals surface area contributed by atoms with E-state index in [1.165, 1.54) is 11.0 Å². The largest absolute Gasteiger partial charge is 0.471 e. The smallest absolute Gasteiger partial charge is 0.468 e. The summed E-state index contributed by atoms with van der Waals surface area (Å²) in [5, 5.41) is 0. The Hall–Kier alpha value is -2.83. The molecule has 4 rings (SSSR count). The Balaban J connectivity index is 1.67. The Morgan fingerprint density at radius 3 is 2.27 bits per heavy atom. The topological polar surface area (TPSA) is 76.2 Å². The molecule has 1 unspecified atom stereocenters. The number of amides is 2. The Morgan fingerprint density at radius 1 is 1.05 bits per heavy atom. The van der Waals surface area contributed by atoms with Gasteiger partial charge in [-0.1, -0.05) is 19.9 Å². The number of methoxy groups -OCH3 is 1. The highest BCUT2D eigenvalue weighted by atomic mass is 19.4. The number of esters is 1. The minimum Gasteiger partial charge on any atom is -0.468 e. The van der Waals surface area contributed by atoms with E-state index in [9.17, 15) is 40.7 Å². The Morgan fingerprint density at radius 2 is 1.71 bits per heavy atom. The summed E-state index contributed by atoms with van der Waals surface area (Å²) >= 11 is 0. The highest BCUT2D eigenvalue weighted by molar-refractivity contribution is 5.87. The van der Waals surface area contributed by atoms with Crippen molar-refractivity contribution in [3.63, 3.8) is 0 Å². The number of alkyl halides is 6. The first-order valence-corrected chi connectivity index (χ1v) is 13.6. The van der Waals surface area contributed by atoms with Crippen molar-refractivity contribution in [1.82, 2.24) is 9.80 Å². The van der Waals surface area contributed by atoms with Crippen LogP contribution in [0.5, 0.6) is 0 Å². The van der Waals surface area contributed by atoms with Crippen molar-refractivity contribution in [3.05, 3.63) is 34.9 Å². The first-order chi connectivity index (χ1) is 19.1. The normalized spacial score (nSPS) is 25.7. The van der Waals surface area contributed by atoms with Crippen LogP contribution in [-0.4, -0.2) is 72.7 Å². The Kier molecular flexibility index (Phi) is 8.69. The van der Waals surface area contributed by atoms with Gasteiger partial charge in [-0.25, -0.2) is 0 Å². The van der Waals surface area contributed by atoms with E-state index >= 15 is 0 Å². The fourth-order valence-corrected chi connectivity index (χ4v) is 6.65. The van der Waals surface area contributed by atoms with Crippen molar-refractivity contribution in [2.24, 2.45) is 11.3 Å². The number of hydrogen-bond acceptors (Lipinski definition) is 5. The van der Waals surface area contributed by atoms with Crippen LogP contribution >= 0.6 is 0 Å². The lowest BCUT2D eigenvalue weighted by atomic mass is 9.73. The van der Waals surface area contributed by atoms with Crippen LogP contribution in [0.4, 0.5) is 26.3 Å². The van der Waals surface area contributed by atoms with Crippen molar-refractivity contribution in [3.8, 4) is 0 Å². The predicted octanol–water partition coefficient (Wildman–Crippen LogP) is 5.07. The molecule has 2 amide bonds. The minimum atomic E-state index is -5.09. The van der Waals surface area contributed by atoms with E-state index in [0.717, 1.165) is 24.1 Å². The van der Waals surface area contributed by atoms with Gasteiger partial charge in [-0.2, -0.15) is 26.3 Å². The van der Waals surface area contributed by atoms with Crippen LogP contribution in [0.1, 0.15) is 68.6 Å². The molecule has 2 heterocycles. The molecule has 1 saturated heterocycles. The van der Waals surface area contributed by atoms with E-state index in [4.69, 9.17) is 9.47 Å². The van der Waals surface area contributed by atoms with Gasteiger partial charge in [-0.3, -0.25) is 14.4 Å². The highest BCUT2D eigenvalue weighted by Crippen LogP contribution is 2.50. The molecule has 1 aromatic rings. The molecule has 0 N–H and O–H groups in total.